The number of aryl methyl sites for hydroxylation is 1. The summed E-state index contributed by atoms with van der Waals surface area (Å²) in [6.07, 6.45) is 4.53. The lowest BCUT2D eigenvalue weighted by Gasteiger charge is -2.29. The van der Waals surface area contributed by atoms with Crippen LogP contribution in [0.25, 0.3) is 0 Å². The fourth-order valence-electron chi connectivity index (χ4n) is 4.45. The molecule has 2 aromatic heterocycles. The van der Waals surface area contributed by atoms with E-state index < -0.39 is 0 Å². The van der Waals surface area contributed by atoms with Gasteiger partial charge in [-0.25, -0.2) is 4.98 Å². The van der Waals surface area contributed by atoms with Crippen molar-refractivity contribution in [2.24, 2.45) is 0 Å². The standard InChI is InChI=1S/C22H23N5O3/c1-14-20(30-13-23-14)22(29)27-9-7-17(12-27)19-18(10-24-25-19)21(28)26-8-6-15-4-2-3-5-16(15)11-26/h2-5,10,13,17H,6-9,11-12H2,1H3,(H,24,25). The molecule has 5 rings (SSSR count). The molecule has 1 fully saturated rings. The third-order valence-corrected chi connectivity index (χ3v) is 6.14. The molecule has 8 heteroatoms. The van der Waals surface area contributed by atoms with Crippen LogP contribution in [0.5, 0.6) is 0 Å². The molecule has 3 aromatic rings. The van der Waals surface area contributed by atoms with E-state index in [-0.39, 0.29) is 23.5 Å². The Morgan fingerprint density at radius 2 is 1.97 bits per heavy atom. The molecule has 2 aliphatic rings. The Kier molecular flexibility index (Phi) is 4.61. The maximum atomic E-state index is 13.3. The number of amides is 2. The summed E-state index contributed by atoms with van der Waals surface area (Å²) in [5, 5.41) is 7.18. The lowest BCUT2D eigenvalue weighted by molar-refractivity contribution is 0.0733. The van der Waals surface area contributed by atoms with Gasteiger partial charge in [-0.1, -0.05) is 24.3 Å². The van der Waals surface area contributed by atoms with Crippen molar-refractivity contribution in [3.8, 4) is 0 Å². The van der Waals surface area contributed by atoms with E-state index in [1.807, 2.05) is 17.0 Å². The SMILES string of the molecule is Cc1ncoc1C(=O)N1CCC(c2[nH]ncc2C(=O)N2CCc3ccccc3C2)C1. The molecule has 1 atom stereocenters. The Hall–Kier alpha value is -3.42. The van der Waals surface area contributed by atoms with E-state index in [0.717, 1.165) is 18.5 Å². The minimum absolute atomic E-state index is 0.0101. The van der Waals surface area contributed by atoms with Crippen molar-refractivity contribution in [2.45, 2.75) is 32.2 Å². The van der Waals surface area contributed by atoms with Gasteiger partial charge in [0.25, 0.3) is 11.8 Å². The van der Waals surface area contributed by atoms with E-state index in [2.05, 4.69) is 27.3 Å². The zero-order valence-corrected chi connectivity index (χ0v) is 16.8. The predicted molar refractivity (Wildman–Crippen MR) is 108 cm³/mol. The first-order valence-electron chi connectivity index (χ1n) is 10.2. The van der Waals surface area contributed by atoms with Crippen LogP contribution in [0.1, 0.15) is 55.8 Å². The average molecular weight is 405 g/mol. The van der Waals surface area contributed by atoms with E-state index in [0.29, 0.717) is 37.4 Å². The van der Waals surface area contributed by atoms with Crippen molar-refractivity contribution < 1.29 is 14.0 Å². The maximum absolute atomic E-state index is 13.3. The quantitative estimate of drug-likeness (QED) is 0.723. The van der Waals surface area contributed by atoms with Crippen LogP contribution in [-0.2, 0) is 13.0 Å². The second kappa shape index (κ2) is 7.44. The normalized spacial score (nSPS) is 18.5. The van der Waals surface area contributed by atoms with E-state index in [1.54, 1.807) is 18.0 Å². The van der Waals surface area contributed by atoms with E-state index in [4.69, 9.17) is 4.42 Å². The average Bonchev–Trinajstić information content (AvgIpc) is 3.52. The highest BCUT2D eigenvalue weighted by molar-refractivity contribution is 5.96. The molecule has 1 saturated heterocycles. The number of H-pyrrole nitrogens is 1. The first-order chi connectivity index (χ1) is 14.6. The number of rotatable bonds is 3. The number of nitrogens with zero attached hydrogens (tertiary/aromatic N) is 4. The smallest absolute Gasteiger partial charge is 0.291 e. The molecule has 0 bridgehead atoms. The van der Waals surface area contributed by atoms with Gasteiger partial charge in [0.15, 0.2) is 6.39 Å². The number of aromatic amines is 1. The number of hydrogen-bond acceptors (Lipinski definition) is 5. The number of aromatic nitrogens is 3. The van der Waals surface area contributed by atoms with Crippen LogP contribution in [0.15, 0.2) is 41.3 Å². The Balaban J connectivity index is 1.31. The van der Waals surface area contributed by atoms with Gasteiger partial charge in [-0.2, -0.15) is 5.10 Å². The highest BCUT2D eigenvalue weighted by Gasteiger charge is 2.34. The molecule has 8 nitrogen and oxygen atoms in total. The van der Waals surface area contributed by atoms with Gasteiger partial charge in [0.1, 0.15) is 0 Å². The number of nitrogens with one attached hydrogen (secondary N) is 1. The lowest BCUT2D eigenvalue weighted by atomic mass is 9.97. The number of carbonyl (C=O) groups excluding carboxylic acids is 2. The van der Waals surface area contributed by atoms with Crippen molar-refractivity contribution in [1.29, 1.82) is 0 Å². The highest BCUT2D eigenvalue weighted by Crippen LogP contribution is 2.30. The van der Waals surface area contributed by atoms with Gasteiger partial charge in [-0.05, 0) is 30.9 Å². The van der Waals surface area contributed by atoms with Gasteiger partial charge in [-0.3, -0.25) is 14.7 Å². The summed E-state index contributed by atoms with van der Waals surface area (Å²) in [5.41, 5.74) is 4.50. The first kappa shape index (κ1) is 18.6. The third kappa shape index (κ3) is 3.18. The summed E-state index contributed by atoms with van der Waals surface area (Å²) >= 11 is 0. The molecule has 2 aliphatic heterocycles. The molecular weight excluding hydrogens is 382 g/mol. The second-order valence-electron chi connectivity index (χ2n) is 7.95. The minimum Gasteiger partial charge on any atom is -0.438 e. The van der Waals surface area contributed by atoms with Crippen molar-refractivity contribution in [2.75, 3.05) is 19.6 Å². The third-order valence-electron chi connectivity index (χ3n) is 6.14. The van der Waals surface area contributed by atoms with Gasteiger partial charge in [0.05, 0.1) is 23.1 Å². The number of oxazole rings is 1. The molecule has 1 unspecified atom stereocenters. The monoisotopic (exact) mass is 405 g/mol. The minimum atomic E-state index is -0.160. The Morgan fingerprint density at radius 3 is 2.77 bits per heavy atom. The molecule has 30 heavy (non-hydrogen) atoms. The zero-order valence-electron chi connectivity index (χ0n) is 16.8. The van der Waals surface area contributed by atoms with Crippen LogP contribution >= 0.6 is 0 Å². The Morgan fingerprint density at radius 1 is 1.13 bits per heavy atom. The number of hydrogen-bond donors (Lipinski definition) is 1. The van der Waals surface area contributed by atoms with Crippen LogP contribution < -0.4 is 0 Å². The van der Waals surface area contributed by atoms with E-state index in [1.165, 1.54) is 17.5 Å². The molecule has 0 saturated carbocycles. The fraction of sp³-hybridized carbons (Fsp3) is 0.364. The van der Waals surface area contributed by atoms with Crippen LogP contribution in [0, 0.1) is 6.92 Å². The van der Waals surface area contributed by atoms with Crippen LogP contribution in [0.3, 0.4) is 0 Å². The topological polar surface area (TPSA) is 95.3 Å². The van der Waals surface area contributed by atoms with Crippen molar-refractivity contribution >= 4 is 11.8 Å². The summed E-state index contributed by atoms with van der Waals surface area (Å²) < 4.78 is 5.25. The zero-order chi connectivity index (χ0) is 20.7. The predicted octanol–water partition coefficient (Wildman–Crippen LogP) is 2.53. The summed E-state index contributed by atoms with van der Waals surface area (Å²) in [6, 6.07) is 8.26. The molecular formula is C22H23N5O3. The molecule has 2 amide bonds. The van der Waals surface area contributed by atoms with Gasteiger partial charge in [0, 0.05) is 32.1 Å². The fourth-order valence-corrected chi connectivity index (χ4v) is 4.45. The largest absolute Gasteiger partial charge is 0.438 e. The molecule has 1 aromatic carbocycles. The van der Waals surface area contributed by atoms with Crippen molar-refractivity contribution in [3.63, 3.8) is 0 Å². The number of fused-ring (bicyclic) bond motifs is 1. The summed E-state index contributed by atoms with van der Waals surface area (Å²) in [7, 11) is 0. The molecule has 0 spiro atoms. The molecule has 4 heterocycles. The number of benzene rings is 1. The van der Waals surface area contributed by atoms with Crippen LogP contribution in [0.4, 0.5) is 0 Å². The molecule has 0 radical (unpaired) electrons. The first-order valence-corrected chi connectivity index (χ1v) is 10.2. The summed E-state index contributed by atoms with van der Waals surface area (Å²) in [6.45, 7) is 4.19. The lowest BCUT2D eigenvalue weighted by Crippen LogP contribution is -2.36. The van der Waals surface area contributed by atoms with E-state index >= 15 is 0 Å². The van der Waals surface area contributed by atoms with Gasteiger partial charge < -0.3 is 14.2 Å². The van der Waals surface area contributed by atoms with Crippen LogP contribution in [0.2, 0.25) is 0 Å². The van der Waals surface area contributed by atoms with Gasteiger partial charge in [-0.15, -0.1) is 0 Å². The number of likely N-dealkylation sites (tertiary alicyclic amines) is 1. The van der Waals surface area contributed by atoms with Gasteiger partial charge in [0.2, 0.25) is 5.76 Å². The van der Waals surface area contributed by atoms with Crippen molar-refractivity contribution in [1.82, 2.24) is 25.0 Å². The highest BCUT2D eigenvalue weighted by atomic mass is 16.3. The maximum Gasteiger partial charge on any atom is 0.291 e. The molecule has 0 aliphatic carbocycles. The van der Waals surface area contributed by atoms with Crippen molar-refractivity contribution in [3.05, 3.63) is 70.7 Å². The van der Waals surface area contributed by atoms with E-state index in [9.17, 15) is 9.59 Å². The number of carbonyl (C=O) groups is 2. The molecule has 1 N–H and O–H groups in total. The summed E-state index contributed by atoms with van der Waals surface area (Å²) in [5.74, 6) is 0.149. The summed E-state index contributed by atoms with van der Waals surface area (Å²) in [4.78, 5) is 33.6. The Bertz CT molecular complexity index is 1100. The molecule has 154 valence electrons. The van der Waals surface area contributed by atoms with Crippen LogP contribution in [-0.4, -0.2) is 56.4 Å². The second-order valence-corrected chi connectivity index (χ2v) is 7.95. The van der Waals surface area contributed by atoms with Gasteiger partial charge >= 0.3 is 0 Å². The Labute approximate surface area is 173 Å².